The number of piperazine rings is 1. The Kier molecular flexibility index (Phi) is 6.65. The number of ether oxygens (including phenoxy) is 1. The van der Waals surface area contributed by atoms with Crippen molar-refractivity contribution in [1.82, 2.24) is 9.80 Å². The fraction of sp³-hybridized carbons (Fsp3) is 0.929. The summed E-state index contributed by atoms with van der Waals surface area (Å²) in [6, 6.07) is 0.345. The van der Waals surface area contributed by atoms with Crippen LogP contribution in [0.3, 0.4) is 0 Å². The molecule has 1 unspecified atom stereocenters. The first kappa shape index (κ1) is 15.4. The van der Waals surface area contributed by atoms with E-state index < -0.39 is 0 Å². The third-order valence-corrected chi connectivity index (χ3v) is 3.51. The molecule has 106 valence electrons. The van der Waals surface area contributed by atoms with Gasteiger partial charge in [0.15, 0.2) is 0 Å². The molecule has 1 saturated heterocycles. The standard InChI is InChI=1S/C14H28N2O2/c1-5-18-14(17)11-13(10-12(2)3)16-8-6-15(4)7-9-16/h12-13H,5-11H2,1-4H3. The van der Waals surface area contributed by atoms with Crippen molar-refractivity contribution in [1.29, 1.82) is 0 Å². The Bertz CT molecular complexity index is 248. The number of likely N-dealkylation sites (N-methyl/N-ethyl adjacent to an activating group) is 1. The van der Waals surface area contributed by atoms with Gasteiger partial charge in [0.1, 0.15) is 0 Å². The van der Waals surface area contributed by atoms with E-state index in [1.807, 2.05) is 6.92 Å². The Labute approximate surface area is 111 Å². The number of hydrogen-bond donors (Lipinski definition) is 0. The highest BCUT2D eigenvalue weighted by Gasteiger charge is 2.25. The van der Waals surface area contributed by atoms with Crippen molar-refractivity contribution in [2.24, 2.45) is 5.92 Å². The van der Waals surface area contributed by atoms with Gasteiger partial charge in [-0.3, -0.25) is 9.69 Å². The van der Waals surface area contributed by atoms with Crippen molar-refractivity contribution in [3.8, 4) is 0 Å². The van der Waals surface area contributed by atoms with Crippen LogP contribution in [0.25, 0.3) is 0 Å². The average molecular weight is 256 g/mol. The summed E-state index contributed by atoms with van der Waals surface area (Å²) < 4.78 is 5.09. The molecule has 0 aromatic heterocycles. The molecule has 18 heavy (non-hydrogen) atoms. The van der Waals surface area contributed by atoms with Crippen LogP contribution in [0.2, 0.25) is 0 Å². The van der Waals surface area contributed by atoms with E-state index in [0.29, 0.717) is 25.0 Å². The monoisotopic (exact) mass is 256 g/mol. The largest absolute Gasteiger partial charge is 0.466 e. The Morgan fingerprint density at radius 1 is 1.22 bits per heavy atom. The van der Waals surface area contributed by atoms with Crippen LogP contribution in [0.4, 0.5) is 0 Å². The van der Waals surface area contributed by atoms with Gasteiger partial charge in [-0.2, -0.15) is 0 Å². The second-order valence-corrected chi connectivity index (χ2v) is 5.63. The minimum atomic E-state index is -0.0536. The molecule has 1 fully saturated rings. The third kappa shape index (κ3) is 5.36. The topological polar surface area (TPSA) is 32.8 Å². The molecule has 1 atom stereocenters. The van der Waals surface area contributed by atoms with Gasteiger partial charge in [0, 0.05) is 32.2 Å². The third-order valence-electron chi connectivity index (χ3n) is 3.51. The van der Waals surface area contributed by atoms with Crippen molar-refractivity contribution in [2.45, 2.75) is 39.7 Å². The number of hydrogen-bond acceptors (Lipinski definition) is 4. The van der Waals surface area contributed by atoms with E-state index in [9.17, 15) is 4.79 Å². The Morgan fingerprint density at radius 3 is 2.33 bits per heavy atom. The number of carbonyl (C=O) groups excluding carboxylic acids is 1. The van der Waals surface area contributed by atoms with Crippen molar-refractivity contribution in [2.75, 3.05) is 39.8 Å². The van der Waals surface area contributed by atoms with Gasteiger partial charge in [-0.05, 0) is 26.3 Å². The lowest BCUT2D eigenvalue weighted by molar-refractivity contribution is -0.144. The molecule has 0 saturated carbocycles. The number of rotatable bonds is 6. The summed E-state index contributed by atoms with van der Waals surface area (Å²) >= 11 is 0. The fourth-order valence-corrected chi connectivity index (χ4v) is 2.51. The van der Waals surface area contributed by atoms with Gasteiger partial charge in [-0.15, -0.1) is 0 Å². The maximum Gasteiger partial charge on any atom is 0.307 e. The summed E-state index contributed by atoms with van der Waals surface area (Å²) in [7, 11) is 2.15. The molecule has 1 aliphatic heterocycles. The van der Waals surface area contributed by atoms with Crippen LogP contribution in [0, 0.1) is 5.92 Å². The van der Waals surface area contributed by atoms with Gasteiger partial charge in [0.05, 0.1) is 13.0 Å². The quantitative estimate of drug-likeness (QED) is 0.676. The van der Waals surface area contributed by atoms with Crippen LogP contribution in [-0.2, 0) is 9.53 Å². The molecule has 0 bridgehead atoms. The second kappa shape index (κ2) is 7.74. The lowest BCUT2D eigenvalue weighted by atomic mass is 9.99. The van der Waals surface area contributed by atoms with Crippen LogP contribution in [0.1, 0.15) is 33.6 Å². The SMILES string of the molecule is CCOC(=O)CC(CC(C)C)N1CCN(C)CC1. The molecule has 1 heterocycles. The van der Waals surface area contributed by atoms with E-state index in [1.54, 1.807) is 0 Å². The predicted molar refractivity (Wildman–Crippen MR) is 73.6 cm³/mol. The Balaban J connectivity index is 2.51. The van der Waals surface area contributed by atoms with Gasteiger partial charge in [-0.25, -0.2) is 0 Å². The van der Waals surface area contributed by atoms with Gasteiger partial charge in [-0.1, -0.05) is 13.8 Å². The summed E-state index contributed by atoms with van der Waals surface area (Å²) in [4.78, 5) is 16.5. The zero-order valence-corrected chi connectivity index (χ0v) is 12.3. The Morgan fingerprint density at radius 2 is 1.83 bits per heavy atom. The highest BCUT2D eigenvalue weighted by Crippen LogP contribution is 2.17. The van der Waals surface area contributed by atoms with Crippen LogP contribution in [0.5, 0.6) is 0 Å². The van der Waals surface area contributed by atoms with E-state index >= 15 is 0 Å². The summed E-state index contributed by atoms with van der Waals surface area (Å²) in [5.41, 5.74) is 0. The van der Waals surface area contributed by atoms with Gasteiger partial charge < -0.3 is 9.64 Å². The molecule has 1 aliphatic rings. The molecular weight excluding hydrogens is 228 g/mol. The van der Waals surface area contributed by atoms with Crippen LogP contribution >= 0.6 is 0 Å². The van der Waals surface area contributed by atoms with Crippen LogP contribution in [-0.4, -0.2) is 61.6 Å². The first-order valence-corrected chi connectivity index (χ1v) is 7.11. The summed E-state index contributed by atoms with van der Waals surface area (Å²) in [5.74, 6) is 0.561. The van der Waals surface area contributed by atoms with Gasteiger partial charge in [0.25, 0.3) is 0 Å². The lowest BCUT2D eigenvalue weighted by Crippen LogP contribution is -2.50. The fourth-order valence-electron chi connectivity index (χ4n) is 2.51. The van der Waals surface area contributed by atoms with Crippen LogP contribution in [0.15, 0.2) is 0 Å². The molecule has 0 amide bonds. The first-order valence-electron chi connectivity index (χ1n) is 7.11. The number of esters is 1. The zero-order valence-electron chi connectivity index (χ0n) is 12.3. The van der Waals surface area contributed by atoms with E-state index in [0.717, 1.165) is 32.6 Å². The number of nitrogens with zero attached hydrogens (tertiary/aromatic N) is 2. The lowest BCUT2D eigenvalue weighted by Gasteiger charge is -2.38. The van der Waals surface area contributed by atoms with E-state index in [4.69, 9.17) is 4.74 Å². The van der Waals surface area contributed by atoms with Crippen molar-refractivity contribution >= 4 is 5.97 Å². The normalized spacial score (nSPS) is 20.1. The van der Waals surface area contributed by atoms with E-state index in [2.05, 4.69) is 30.7 Å². The molecule has 4 heteroatoms. The number of carbonyl (C=O) groups is 1. The van der Waals surface area contributed by atoms with Crippen LogP contribution < -0.4 is 0 Å². The molecule has 0 aliphatic carbocycles. The van der Waals surface area contributed by atoms with E-state index in [1.165, 1.54) is 0 Å². The predicted octanol–water partition coefficient (Wildman–Crippen LogP) is 1.60. The summed E-state index contributed by atoms with van der Waals surface area (Å²) in [6.45, 7) is 11.1. The second-order valence-electron chi connectivity index (χ2n) is 5.63. The first-order chi connectivity index (χ1) is 8.52. The smallest absolute Gasteiger partial charge is 0.307 e. The maximum absolute atomic E-state index is 11.7. The molecular formula is C14H28N2O2. The summed E-state index contributed by atoms with van der Waals surface area (Å²) in [5, 5.41) is 0. The highest BCUT2D eigenvalue weighted by molar-refractivity contribution is 5.70. The molecule has 0 spiro atoms. The zero-order chi connectivity index (χ0) is 13.5. The van der Waals surface area contributed by atoms with Crippen molar-refractivity contribution < 1.29 is 9.53 Å². The molecule has 0 aromatic rings. The molecule has 0 N–H and O–H groups in total. The molecule has 4 nitrogen and oxygen atoms in total. The molecule has 0 aromatic carbocycles. The van der Waals surface area contributed by atoms with Gasteiger partial charge in [0.2, 0.25) is 0 Å². The maximum atomic E-state index is 11.7. The van der Waals surface area contributed by atoms with Crippen molar-refractivity contribution in [3.63, 3.8) is 0 Å². The minimum absolute atomic E-state index is 0.0536. The summed E-state index contributed by atoms with van der Waals surface area (Å²) in [6.07, 6.45) is 1.61. The minimum Gasteiger partial charge on any atom is -0.466 e. The average Bonchev–Trinajstić information content (AvgIpc) is 2.28. The van der Waals surface area contributed by atoms with Crippen molar-refractivity contribution in [3.05, 3.63) is 0 Å². The highest BCUT2D eigenvalue weighted by atomic mass is 16.5. The molecule has 0 radical (unpaired) electrons. The Hall–Kier alpha value is -0.610. The molecule has 1 rings (SSSR count). The van der Waals surface area contributed by atoms with E-state index in [-0.39, 0.29) is 5.97 Å². The van der Waals surface area contributed by atoms with Gasteiger partial charge >= 0.3 is 5.97 Å².